The molecule has 0 spiro atoms. The van der Waals surface area contributed by atoms with Gasteiger partial charge in [-0.05, 0) is 43.4 Å². The Balaban J connectivity index is 2.00. The summed E-state index contributed by atoms with van der Waals surface area (Å²) in [5, 5.41) is 4.09. The van der Waals surface area contributed by atoms with Gasteiger partial charge in [-0.3, -0.25) is 0 Å². The van der Waals surface area contributed by atoms with Gasteiger partial charge in [0.1, 0.15) is 11.9 Å². The van der Waals surface area contributed by atoms with Gasteiger partial charge in [-0.1, -0.05) is 43.5 Å². The average Bonchev–Trinajstić information content (AvgIpc) is 2.48. The summed E-state index contributed by atoms with van der Waals surface area (Å²) in [7, 11) is 1.98. The van der Waals surface area contributed by atoms with Crippen molar-refractivity contribution in [2.24, 2.45) is 0 Å². The minimum atomic E-state index is -0.0239. The van der Waals surface area contributed by atoms with E-state index in [0.29, 0.717) is 0 Å². The lowest BCUT2D eigenvalue weighted by Gasteiger charge is -2.33. The summed E-state index contributed by atoms with van der Waals surface area (Å²) in [4.78, 5) is 0. The fourth-order valence-electron chi connectivity index (χ4n) is 2.67. The van der Waals surface area contributed by atoms with Crippen LogP contribution in [0, 0.1) is 0 Å². The van der Waals surface area contributed by atoms with E-state index >= 15 is 0 Å². The lowest BCUT2D eigenvalue weighted by molar-refractivity contribution is 0.153. The van der Waals surface area contributed by atoms with E-state index in [1.165, 1.54) is 5.56 Å². The molecule has 1 N–H and O–H groups in total. The minimum absolute atomic E-state index is 0.0239. The molecule has 21 heavy (non-hydrogen) atoms. The molecule has 1 aliphatic rings. The van der Waals surface area contributed by atoms with Crippen molar-refractivity contribution in [2.75, 3.05) is 7.05 Å². The van der Waals surface area contributed by atoms with E-state index in [4.69, 9.17) is 16.3 Å². The van der Waals surface area contributed by atoms with Gasteiger partial charge in [0.15, 0.2) is 0 Å². The summed E-state index contributed by atoms with van der Waals surface area (Å²) in [5.41, 5.74) is 2.26. The largest absolute Gasteiger partial charge is 0.485 e. The number of halogens is 3. The summed E-state index contributed by atoms with van der Waals surface area (Å²) in [6.45, 7) is 0. The van der Waals surface area contributed by atoms with Crippen LogP contribution >= 0.6 is 43.5 Å². The molecule has 5 heteroatoms. The molecule has 1 aliphatic heterocycles. The molecule has 0 radical (unpaired) electrons. The number of benzene rings is 2. The van der Waals surface area contributed by atoms with Gasteiger partial charge < -0.3 is 10.1 Å². The first-order chi connectivity index (χ1) is 10.1. The molecule has 0 saturated carbocycles. The minimum Gasteiger partial charge on any atom is -0.485 e. The van der Waals surface area contributed by atoms with Crippen molar-refractivity contribution in [3.63, 3.8) is 0 Å². The van der Waals surface area contributed by atoms with Crippen LogP contribution in [-0.2, 0) is 0 Å². The standard InChI is InChI=1S/C16H14Br2ClNO/c1-20-14-8-16(11-7-10(19)3-4-13(11)18)21-15-5-2-9(17)6-12(14)15/h2-7,14,16,20H,8H2,1H3. The summed E-state index contributed by atoms with van der Waals surface area (Å²) in [6.07, 6.45) is 0.836. The van der Waals surface area contributed by atoms with Gasteiger partial charge in [-0.2, -0.15) is 0 Å². The Hall–Kier alpha value is -0.550. The van der Waals surface area contributed by atoms with Crippen LogP contribution in [0.25, 0.3) is 0 Å². The highest BCUT2D eigenvalue weighted by Gasteiger charge is 2.29. The molecule has 2 aromatic rings. The second kappa shape index (κ2) is 6.29. The summed E-state index contributed by atoms with van der Waals surface area (Å²) >= 11 is 13.2. The molecular formula is C16H14Br2ClNO. The quantitative estimate of drug-likeness (QED) is 0.664. The molecule has 0 aromatic heterocycles. The number of nitrogens with one attached hydrogen (secondary N) is 1. The predicted octanol–water partition coefficient (Wildman–Crippen LogP) is 5.65. The maximum atomic E-state index is 6.19. The van der Waals surface area contributed by atoms with Crippen LogP contribution in [0.2, 0.25) is 5.02 Å². The van der Waals surface area contributed by atoms with Crippen LogP contribution in [0.5, 0.6) is 5.75 Å². The van der Waals surface area contributed by atoms with Crippen LogP contribution in [-0.4, -0.2) is 7.05 Å². The predicted molar refractivity (Wildman–Crippen MR) is 93.1 cm³/mol. The first-order valence-electron chi connectivity index (χ1n) is 6.67. The number of fused-ring (bicyclic) bond motifs is 1. The normalized spacial score (nSPS) is 20.8. The molecule has 0 aliphatic carbocycles. The molecule has 2 nitrogen and oxygen atoms in total. The highest BCUT2D eigenvalue weighted by Crippen LogP contribution is 2.43. The van der Waals surface area contributed by atoms with Crippen molar-refractivity contribution in [1.29, 1.82) is 0 Å². The Morgan fingerprint density at radius 3 is 2.71 bits per heavy atom. The van der Waals surface area contributed by atoms with Crippen molar-refractivity contribution in [1.82, 2.24) is 5.32 Å². The summed E-state index contributed by atoms with van der Waals surface area (Å²) in [5.74, 6) is 0.917. The fourth-order valence-corrected chi connectivity index (χ4v) is 3.73. The molecule has 1 heterocycles. The van der Waals surface area contributed by atoms with Gasteiger partial charge in [0.05, 0.1) is 0 Å². The molecule has 2 atom stereocenters. The molecule has 110 valence electrons. The van der Waals surface area contributed by atoms with Gasteiger partial charge >= 0.3 is 0 Å². The zero-order valence-corrected chi connectivity index (χ0v) is 15.3. The van der Waals surface area contributed by atoms with Crippen LogP contribution in [0.3, 0.4) is 0 Å². The third kappa shape index (κ3) is 3.14. The van der Waals surface area contributed by atoms with Gasteiger partial charge in [0.2, 0.25) is 0 Å². The number of hydrogen-bond donors (Lipinski definition) is 1. The Kier molecular flexibility index (Phi) is 4.60. The molecule has 3 rings (SSSR count). The lowest BCUT2D eigenvalue weighted by Crippen LogP contribution is -2.27. The van der Waals surface area contributed by atoms with E-state index in [2.05, 4.69) is 43.2 Å². The van der Waals surface area contributed by atoms with Crippen molar-refractivity contribution < 1.29 is 4.74 Å². The summed E-state index contributed by atoms with van der Waals surface area (Å²) < 4.78 is 8.27. The number of rotatable bonds is 2. The van der Waals surface area contributed by atoms with Crippen molar-refractivity contribution in [3.8, 4) is 5.75 Å². The number of ether oxygens (including phenoxy) is 1. The lowest BCUT2D eigenvalue weighted by atomic mass is 9.93. The highest BCUT2D eigenvalue weighted by molar-refractivity contribution is 9.10. The molecule has 0 fully saturated rings. The average molecular weight is 432 g/mol. The third-order valence-corrected chi connectivity index (χ3v) is 5.17. The first kappa shape index (κ1) is 15.3. The molecule has 0 saturated heterocycles. The van der Waals surface area contributed by atoms with E-state index in [1.807, 2.05) is 37.4 Å². The number of hydrogen-bond acceptors (Lipinski definition) is 2. The molecular weight excluding hydrogens is 417 g/mol. The smallest absolute Gasteiger partial charge is 0.127 e. The van der Waals surface area contributed by atoms with E-state index in [0.717, 1.165) is 31.7 Å². The van der Waals surface area contributed by atoms with Gasteiger partial charge in [0.25, 0.3) is 0 Å². The van der Waals surface area contributed by atoms with Crippen molar-refractivity contribution in [3.05, 3.63) is 61.5 Å². The molecule has 0 bridgehead atoms. The van der Waals surface area contributed by atoms with Crippen LogP contribution < -0.4 is 10.1 Å². The second-order valence-electron chi connectivity index (χ2n) is 5.03. The topological polar surface area (TPSA) is 21.3 Å². The van der Waals surface area contributed by atoms with E-state index < -0.39 is 0 Å². The van der Waals surface area contributed by atoms with Crippen LogP contribution in [0.15, 0.2) is 45.3 Å². The molecule has 0 amide bonds. The SMILES string of the molecule is CNC1CC(c2cc(Cl)ccc2Br)Oc2ccc(Br)cc21. The van der Waals surface area contributed by atoms with E-state index in [-0.39, 0.29) is 12.1 Å². The zero-order valence-electron chi connectivity index (χ0n) is 11.4. The zero-order chi connectivity index (χ0) is 15.0. The van der Waals surface area contributed by atoms with Crippen LogP contribution in [0.4, 0.5) is 0 Å². The van der Waals surface area contributed by atoms with Crippen molar-refractivity contribution in [2.45, 2.75) is 18.6 Å². The van der Waals surface area contributed by atoms with Crippen molar-refractivity contribution >= 4 is 43.5 Å². The molecule has 2 aromatic carbocycles. The Labute approximate surface area is 146 Å². The van der Waals surface area contributed by atoms with Gasteiger partial charge in [-0.15, -0.1) is 0 Å². The van der Waals surface area contributed by atoms with E-state index in [9.17, 15) is 0 Å². The second-order valence-corrected chi connectivity index (χ2v) is 7.24. The monoisotopic (exact) mass is 429 g/mol. The fraction of sp³-hybridized carbons (Fsp3) is 0.250. The maximum absolute atomic E-state index is 6.19. The Morgan fingerprint density at radius 2 is 1.95 bits per heavy atom. The summed E-state index contributed by atoms with van der Waals surface area (Å²) in [6, 6.07) is 12.2. The van der Waals surface area contributed by atoms with Crippen LogP contribution in [0.1, 0.15) is 29.7 Å². The van der Waals surface area contributed by atoms with Gasteiger partial charge in [0, 0.05) is 37.6 Å². The Morgan fingerprint density at radius 1 is 1.14 bits per heavy atom. The third-order valence-electron chi connectivity index (χ3n) is 3.72. The first-order valence-corrected chi connectivity index (χ1v) is 8.63. The van der Waals surface area contributed by atoms with E-state index in [1.54, 1.807) is 0 Å². The Bertz CT molecular complexity index is 677. The maximum Gasteiger partial charge on any atom is 0.127 e. The molecule has 2 unspecified atom stereocenters. The van der Waals surface area contributed by atoms with Gasteiger partial charge in [-0.25, -0.2) is 0 Å². The highest BCUT2D eigenvalue weighted by atomic mass is 79.9.